The molecule has 33 heavy (non-hydrogen) atoms. The minimum absolute atomic E-state index is 0.0229. The van der Waals surface area contributed by atoms with E-state index in [0.29, 0.717) is 54.6 Å². The van der Waals surface area contributed by atoms with Crippen LogP contribution in [-0.4, -0.2) is 41.3 Å². The monoisotopic (exact) mass is 458 g/mol. The minimum Gasteiger partial charge on any atom is -0.493 e. The molecule has 1 aromatic heterocycles. The zero-order valence-electron chi connectivity index (χ0n) is 20.1. The third-order valence-electron chi connectivity index (χ3n) is 6.80. The van der Waals surface area contributed by atoms with E-state index in [1.54, 1.807) is 12.1 Å². The number of hydrogen-bond donors (Lipinski definition) is 2. The molecule has 1 aliphatic rings. The van der Waals surface area contributed by atoms with Crippen LogP contribution in [0.4, 0.5) is 0 Å². The number of pyridine rings is 1. The lowest BCUT2D eigenvalue weighted by atomic mass is 9.69. The van der Waals surface area contributed by atoms with E-state index in [1.165, 1.54) is 24.9 Å². The van der Waals surface area contributed by atoms with Crippen LogP contribution < -0.4 is 20.3 Å². The number of ether oxygens (including phenoxy) is 2. The first-order chi connectivity index (χ1) is 15.6. The SMILES string of the molecule is CCCCn1c(=O)c(C(=O)NC2(C(=O)O)CCC(C)(C)CC2)cc2ccc(OC)c(OC)c21. The number of aromatic nitrogens is 1. The Morgan fingerprint density at radius 1 is 1.12 bits per heavy atom. The number of hydrogen-bond acceptors (Lipinski definition) is 5. The Morgan fingerprint density at radius 2 is 1.79 bits per heavy atom. The lowest BCUT2D eigenvalue weighted by Gasteiger charge is -2.41. The Bertz CT molecular complexity index is 1110. The summed E-state index contributed by atoms with van der Waals surface area (Å²) >= 11 is 0. The van der Waals surface area contributed by atoms with Gasteiger partial charge in [0.15, 0.2) is 11.5 Å². The quantitative estimate of drug-likeness (QED) is 0.620. The molecule has 8 nitrogen and oxygen atoms in total. The van der Waals surface area contributed by atoms with E-state index < -0.39 is 23.0 Å². The number of unbranched alkanes of at least 4 members (excludes halogenated alkanes) is 1. The Labute approximate surface area is 193 Å². The average Bonchev–Trinajstić information content (AvgIpc) is 2.78. The molecule has 180 valence electrons. The highest BCUT2D eigenvalue weighted by Gasteiger charge is 2.45. The molecule has 0 saturated heterocycles. The van der Waals surface area contributed by atoms with Crippen molar-refractivity contribution in [2.24, 2.45) is 5.41 Å². The van der Waals surface area contributed by atoms with E-state index in [9.17, 15) is 19.5 Å². The zero-order valence-corrected chi connectivity index (χ0v) is 20.1. The van der Waals surface area contributed by atoms with Crippen molar-refractivity contribution < 1.29 is 24.2 Å². The molecule has 0 aliphatic heterocycles. The van der Waals surface area contributed by atoms with Crippen LogP contribution in [0.2, 0.25) is 0 Å². The van der Waals surface area contributed by atoms with Gasteiger partial charge in [0.25, 0.3) is 11.5 Å². The molecule has 0 bridgehead atoms. The second kappa shape index (κ2) is 9.45. The van der Waals surface area contributed by atoms with Crippen molar-refractivity contribution in [1.82, 2.24) is 9.88 Å². The largest absolute Gasteiger partial charge is 0.493 e. The van der Waals surface area contributed by atoms with Crippen molar-refractivity contribution in [2.45, 2.75) is 71.4 Å². The van der Waals surface area contributed by atoms with Crippen LogP contribution in [-0.2, 0) is 11.3 Å². The van der Waals surface area contributed by atoms with Gasteiger partial charge in [0.05, 0.1) is 19.7 Å². The van der Waals surface area contributed by atoms with Gasteiger partial charge in [-0.2, -0.15) is 0 Å². The second-order valence-electron chi connectivity index (χ2n) is 9.61. The molecule has 1 saturated carbocycles. The smallest absolute Gasteiger partial charge is 0.329 e. The van der Waals surface area contributed by atoms with Crippen LogP contribution in [0.1, 0.15) is 69.7 Å². The first-order valence-corrected chi connectivity index (χ1v) is 11.4. The zero-order chi connectivity index (χ0) is 24.4. The summed E-state index contributed by atoms with van der Waals surface area (Å²) < 4.78 is 12.5. The predicted octanol–water partition coefficient (Wildman–Crippen LogP) is 3.97. The molecule has 0 unspecified atom stereocenters. The van der Waals surface area contributed by atoms with Crippen molar-refractivity contribution in [1.29, 1.82) is 0 Å². The van der Waals surface area contributed by atoms with Gasteiger partial charge in [0, 0.05) is 11.9 Å². The van der Waals surface area contributed by atoms with Crippen LogP contribution in [0.25, 0.3) is 10.9 Å². The standard InChI is InChI=1S/C25H34N2O6/c1-6-7-14-27-19-16(8-9-18(32-4)20(19)33-5)15-17(22(27)29)21(28)26-25(23(30)31)12-10-24(2,3)11-13-25/h8-9,15H,6-7,10-14H2,1-5H3,(H,26,28)(H,30,31). The summed E-state index contributed by atoms with van der Waals surface area (Å²) in [6.45, 7) is 6.60. The molecule has 1 amide bonds. The third-order valence-corrected chi connectivity index (χ3v) is 6.80. The molecule has 1 heterocycles. The summed E-state index contributed by atoms with van der Waals surface area (Å²) in [6, 6.07) is 5.00. The molecular formula is C25H34N2O6. The van der Waals surface area contributed by atoms with E-state index in [4.69, 9.17) is 9.47 Å². The van der Waals surface area contributed by atoms with Crippen LogP contribution in [0.15, 0.2) is 23.0 Å². The molecule has 1 aromatic carbocycles. The van der Waals surface area contributed by atoms with E-state index in [1.807, 2.05) is 6.92 Å². The Hall–Kier alpha value is -3.03. The number of nitrogens with one attached hydrogen (secondary N) is 1. The van der Waals surface area contributed by atoms with Crippen LogP contribution in [0.5, 0.6) is 11.5 Å². The highest BCUT2D eigenvalue weighted by molar-refractivity contribution is 6.01. The summed E-state index contributed by atoms with van der Waals surface area (Å²) in [5.74, 6) is -0.818. The van der Waals surface area contributed by atoms with Crippen molar-refractivity contribution in [2.75, 3.05) is 14.2 Å². The van der Waals surface area contributed by atoms with Gasteiger partial charge < -0.3 is 24.5 Å². The minimum atomic E-state index is -1.38. The van der Waals surface area contributed by atoms with E-state index in [0.717, 1.165) is 12.8 Å². The van der Waals surface area contributed by atoms with Crippen molar-refractivity contribution >= 4 is 22.8 Å². The number of carbonyl (C=O) groups is 2. The number of methoxy groups -OCH3 is 2. The van der Waals surface area contributed by atoms with Crippen molar-refractivity contribution in [3.8, 4) is 11.5 Å². The molecule has 0 radical (unpaired) electrons. The first-order valence-electron chi connectivity index (χ1n) is 11.4. The number of carbonyl (C=O) groups excluding carboxylic acids is 1. The topological polar surface area (TPSA) is 107 Å². The molecule has 2 N–H and O–H groups in total. The number of aryl methyl sites for hydroxylation is 1. The van der Waals surface area contributed by atoms with Crippen LogP contribution in [0.3, 0.4) is 0 Å². The lowest BCUT2D eigenvalue weighted by molar-refractivity contribution is -0.146. The molecule has 0 spiro atoms. The molecule has 0 atom stereocenters. The van der Waals surface area contributed by atoms with Gasteiger partial charge in [0.1, 0.15) is 11.1 Å². The summed E-state index contributed by atoms with van der Waals surface area (Å²) in [4.78, 5) is 39.0. The predicted molar refractivity (Wildman–Crippen MR) is 126 cm³/mol. The number of fused-ring (bicyclic) bond motifs is 1. The number of benzene rings is 1. The molecule has 1 fully saturated rings. The van der Waals surface area contributed by atoms with Gasteiger partial charge in [-0.05, 0) is 55.7 Å². The van der Waals surface area contributed by atoms with Crippen LogP contribution >= 0.6 is 0 Å². The summed E-state index contributed by atoms with van der Waals surface area (Å²) in [6.07, 6.45) is 3.58. The number of carboxylic acid groups (broad SMARTS) is 1. The van der Waals surface area contributed by atoms with Gasteiger partial charge in [-0.15, -0.1) is 0 Å². The maximum absolute atomic E-state index is 13.5. The van der Waals surface area contributed by atoms with Gasteiger partial charge >= 0.3 is 5.97 Å². The Morgan fingerprint density at radius 3 is 2.33 bits per heavy atom. The third kappa shape index (κ3) is 4.70. The average molecular weight is 459 g/mol. The summed E-state index contributed by atoms with van der Waals surface area (Å²) in [5, 5.41) is 13.3. The molecule has 2 aromatic rings. The number of rotatable bonds is 8. The van der Waals surface area contributed by atoms with Gasteiger partial charge in [-0.25, -0.2) is 4.79 Å². The first kappa shape index (κ1) is 24.6. The fraction of sp³-hybridized carbons (Fsp3) is 0.560. The molecule has 1 aliphatic carbocycles. The summed E-state index contributed by atoms with van der Waals surface area (Å²) in [7, 11) is 3.03. The molecule has 3 rings (SSSR count). The van der Waals surface area contributed by atoms with Gasteiger partial charge in [-0.1, -0.05) is 27.2 Å². The number of carboxylic acids is 1. The maximum atomic E-state index is 13.5. The van der Waals surface area contributed by atoms with E-state index in [2.05, 4.69) is 19.2 Å². The fourth-order valence-corrected chi connectivity index (χ4v) is 4.51. The maximum Gasteiger partial charge on any atom is 0.329 e. The van der Waals surface area contributed by atoms with Crippen LogP contribution in [0, 0.1) is 5.41 Å². The number of aliphatic carboxylic acids is 1. The Balaban J connectivity index is 2.11. The highest BCUT2D eigenvalue weighted by atomic mass is 16.5. The normalized spacial score (nSPS) is 16.9. The fourth-order valence-electron chi connectivity index (χ4n) is 4.51. The number of amides is 1. The number of nitrogens with zero attached hydrogens (tertiary/aromatic N) is 1. The van der Waals surface area contributed by atoms with Crippen molar-refractivity contribution in [3.63, 3.8) is 0 Å². The van der Waals surface area contributed by atoms with Gasteiger partial charge in [0.2, 0.25) is 0 Å². The molecular weight excluding hydrogens is 424 g/mol. The highest BCUT2D eigenvalue weighted by Crippen LogP contribution is 2.40. The second-order valence-corrected chi connectivity index (χ2v) is 9.61. The van der Waals surface area contributed by atoms with E-state index >= 15 is 0 Å². The van der Waals surface area contributed by atoms with Gasteiger partial charge in [-0.3, -0.25) is 9.59 Å². The summed E-state index contributed by atoms with van der Waals surface area (Å²) in [5.41, 5.74) is -1.35. The Kier molecular flexibility index (Phi) is 7.05. The lowest BCUT2D eigenvalue weighted by Crippen LogP contribution is -2.57. The molecule has 8 heteroatoms. The van der Waals surface area contributed by atoms with E-state index in [-0.39, 0.29) is 11.0 Å². The van der Waals surface area contributed by atoms with Crippen molar-refractivity contribution in [3.05, 3.63) is 34.1 Å².